The molecule has 0 aromatic carbocycles. The molecule has 1 aromatic rings. The maximum absolute atomic E-state index is 11.5. The predicted molar refractivity (Wildman–Crippen MR) is 58.8 cm³/mol. The highest BCUT2D eigenvalue weighted by Gasteiger charge is 2.26. The molecule has 0 atom stereocenters. The minimum absolute atomic E-state index is 0.0689. The van der Waals surface area contributed by atoms with Gasteiger partial charge in [0.1, 0.15) is 5.69 Å². The van der Waals surface area contributed by atoms with Gasteiger partial charge >= 0.3 is 11.7 Å². The molecule has 1 fully saturated rings. The Morgan fingerprint density at radius 1 is 1.38 bits per heavy atom. The molecule has 0 spiro atoms. The van der Waals surface area contributed by atoms with E-state index in [0.717, 1.165) is 25.7 Å². The van der Waals surface area contributed by atoms with Crippen molar-refractivity contribution in [2.45, 2.75) is 38.0 Å². The van der Waals surface area contributed by atoms with Gasteiger partial charge in [0, 0.05) is 13.0 Å². The number of carbonyl (C=O) groups is 1. The van der Waals surface area contributed by atoms with Crippen LogP contribution in [-0.2, 0) is 7.05 Å². The Balaban J connectivity index is 2.44. The minimum Gasteiger partial charge on any atom is -0.477 e. The topological polar surface area (TPSA) is 75.1 Å². The monoisotopic (exact) mass is 224 g/mol. The molecule has 1 heterocycles. The zero-order chi connectivity index (χ0) is 11.7. The number of carboxylic acid groups (broad SMARTS) is 1. The Kier molecular flexibility index (Phi) is 2.85. The van der Waals surface area contributed by atoms with Crippen LogP contribution in [-0.4, -0.2) is 20.6 Å². The van der Waals surface area contributed by atoms with Crippen molar-refractivity contribution in [3.63, 3.8) is 0 Å². The van der Waals surface area contributed by atoms with Crippen LogP contribution in [0.3, 0.4) is 0 Å². The van der Waals surface area contributed by atoms with Crippen LogP contribution in [0.15, 0.2) is 4.79 Å². The Labute approximate surface area is 93.1 Å². The second kappa shape index (κ2) is 4.15. The van der Waals surface area contributed by atoms with Crippen molar-refractivity contribution in [3.05, 3.63) is 21.9 Å². The smallest absolute Gasteiger partial charge is 0.354 e. The van der Waals surface area contributed by atoms with E-state index < -0.39 is 5.97 Å². The van der Waals surface area contributed by atoms with Crippen LogP contribution in [0, 0.1) is 0 Å². The van der Waals surface area contributed by atoms with Crippen LogP contribution in [0.1, 0.15) is 54.2 Å². The molecule has 5 heteroatoms. The number of aromatic nitrogens is 2. The van der Waals surface area contributed by atoms with Gasteiger partial charge in [0.2, 0.25) is 0 Å². The van der Waals surface area contributed by atoms with E-state index in [2.05, 4.69) is 4.98 Å². The predicted octanol–water partition coefficient (Wildman–Crippen LogP) is 1.46. The maximum Gasteiger partial charge on any atom is 0.354 e. The summed E-state index contributed by atoms with van der Waals surface area (Å²) in [6.45, 7) is 0. The number of hydrogen-bond acceptors (Lipinski definition) is 2. The Hall–Kier alpha value is -1.52. The summed E-state index contributed by atoms with van der Waals surface area (Å²) in [5, 5.41) is 9.05. The molecule has 5 nitrogen and oxygen atoms in total. The first-order chi connectivity index (χ1) is 7.61. The van der Waals surface area contributed by atoms with Gasteiger partial charge < -0.3 is 5.11 Å². The average Bonchev–Trinajstić information content (AvgIpc) is 2.57. The molecule has 0 bridgehead atoms. The van der Waals surface area contributed by atoms with Gasteiger partial charge in [-0.15, -0.1) is 0 Å². The van der Waals surface area contributed by atoms with Gasteiger partial charge in [-0.25, -0.2) is 9.59 Å². The van der Waals surface area contributed by atoms with Crippen LogP contribution in [0.2, 0.25) is 0 Å². The van der Waals surface area contributed by atoms with Crippen LogP contribution < -0.4 is 5.69 Å². The van der Waals surface area contributed by atoms with Crippen molar-refractivity contribution in [1.82, 2.24) is 9.55 Å². The normalized spacial score (nSPS) is 17.6. The van der Waals surface area contributed by atoms with Crippen molar-refractivity contribution >= 4 is 5.97 Å². The summed E-state index contributed by atoms with van der Waals surface area (Å²) in [5.74, 6) is -0.831. The molecule has 0 radical (unpaired) electrons. The summed E-state index contributed by atoms with van der Waals surface area (Å²) in [6.07, 6.45) is 5.39. The lowest BCUT2D eigenvalue weighted by Gasteiger charge is -2.22. The molecule has 88 valence electrons. The number of aromatic amines is 1. The largest absolute Gasteiger partial charge is 0.477 e. The van der Waals surface area contributed by atoms with E-state index in [1.807, 2.05) is 0 Å². The van der Waals surface area contributed by atoms with Gasteiger partial charge in [0.05, 0.1) is 5.69 Å². The van der Waals surface area contributed by atoms with E-state index in [1.165, 1.54) is 11.0 Å². The summed E-state index contributed by atoms with van der Waals surface area (Å²) in [7, 11) is 1.63. The molecule has 0 aliphatic heterocycles. The van der Waals surface area contributed by atoms with E-state index in [0.29, 0.717) is 5.69 Å². The molecule has 2 N–H and O–H groups in total. The van der Waals surface area contributed by atoms with Crippen molar-refractivity contribution in [3.8, 4) is 0 Å². The van der Waals surface area contributed by atoms with Gasteiger partial charge in [0.25, 0.3) is 0 Å². The fourth-order valence-corrected chi connectivity index (χ4v) is 2.55. The van der Waals surface area contributed by atoms with Crippen molar-refractivity contribution in [2.75, 3.05) is 0 Å². The molecule has 1 saturated carbocycles. The van der Waals surface area contributed by atoms with Gasteiger partial charge in [-0.2, -0.15) is 0 Å². The van der Waals surface area contributed by atoms with Gasteiger partial charge in [-0.1, -0.05) is 19.3 Å². The number of carboxylic acids is 1. The molecule has 1 aliphatic carbocycles. The number of nitrogens with zero attached hydrogens (tertiary/aromatic N) is 1. The number of aromatic carboxylic acids is 1. The molecule has 0 unspecified atom stereocenters. The summed E-state index contributed by atoms with van der Waals surface area (Å²) >= 11 is 0. The third-order valence-corrected chi connectivity index (χ3v) is 3.36. The Morgan fingerprint density at radius 2 is 2.00 bits per heavy atom. The number of H-pyrrole nitrogens is 1. The van der Waals surface area contributed by atoms with E-state index in [9.17, 15) is 9.59 Å². The minimum atomic E-state index is -1.04. The fourth-order valence-electron chi connectivity index (χ4n) is 2.55. The van der Waals surface area contributed by atoms with Crippen molar-refractivity contribution < 1.29 is 9.90 Å². The molecule has 16 heavy (non-hydrogen) atoms. The molecule has 2 rings (SSSR count). The number of imidazole rings is 1. The van der Waals surface area contributed by atoms with E-state index in [-0.39, 0.29) is 17.3 Å². The van der Waals surface area contributed by atoms with Crippen LogP contribution in [0.5, 0.6) is 0 Å². The Morgan fingerprint density at radius 3 is 2.56 bits per heavy atom. The van der Waals surface area contributed by atoms with E-state index >= 15 is 0 Å². The number of nitrogens with one attached hydrogen (secondary N) is 1. The first-order valence-corrected chi connectivity index (χ1v) is 5.63. The third-order valence-electron chi connectivity index (χ3n) is 3.36. The number of rotatable bonds is 2. The van der Waals surface area contributed by atoms with Crippen LogP contribution in [0.4, 0.5) is 0 Å². The van der Waals surface area contributed by atoms with Gasteiger partial charge in [-0.05, 0) is 12.8 Å². The second-order valence-corrected chi connectivity index (χ2v) is 4.39. The summed E-state index contributed by atoms with van der Waals surface area (Å²) < 4.78 is 1.44. The van der Waals surface area contributed by atoms with Crippen molar-refractivity contribution in [1.29, 1.82) is 0 Å². The van der Waals surface area contributed by atoms with E-state index in [4.69, 9.17) is 5.11 Å². The lowest BCUT2D eigenvalue weighted by Crippen LogP contribution is -2.17. The second-order valence-electron chi connectivity index (χ2n) is 4.39. The highest BCUT2D eigenvalue weighted by Crippen LogP contribution is 2.33. The lowest BCUT2D eigenvalue weighted by molar-refractivity contribution is 0.0688. The molecular weight excluding hydrogens is 208 g/mol. The average molecular weight is 224 g/mol. The van der Waals surface area contributed by atoms with Crippen LogP contribution in [0.25, 0.3) is 0 Å². The molecule has 1 aliphatic rings. The number of hydrogen-bond donors (Lipinski definition) is 2. The highest BCUT2D eigenvalue weighted by molar-refractivity contribution is 5.86. The Bertz CT molecular complexity index is 452. The summed E-state index contributed by atoms with van der Waals surface area (Å²) in [6, 6.07) is 0. The van der Waals surface area contributed by atoms with Gasteiger partial charge in [0.15, 0.2) is 0 Å². The molecule has 1 aromatic heterocycles. The summed E-state index contributed by atoms with van der Waals surface area (Å²) in [5.41, 5.74) is 0.398. The first-order valence-electron chi connectivity index (χ1n) is 5.63. The maximum atomic E-state index is 11.5. The fraction of sp³-hybridized carbons (Fsp3) is 0.636. The zero-order valence-electron chi connectivity index (χ0n) is 9.32. The lowest BCUT2D eigenvalue weighted by atomic mass is 9.86. The van der Waals surface area contributed by atoms with E-state index in [1.54, 1.807) is 7.05 Å². The van der Waals surface area contributed by atoms with Crippen LogP contribution >= 0.6 is 0 Å². The standard InChI is InChI=1S/C11H16N2O3/c1-13-9(7-5-3-2-4-6-7)8(10(14)15)12-11(13)16/h7H,2-6H2,1H3,(H,12,16)(H,14,15). The zero-order valence-corrected chi connectivity index (χ0v) is 9.32. The molecule has 0 amide bonds. The molecular formula is C11H16N2O3. The molecule has 0 saturated heterocycles. The SMILES string of the molecule is Cn1c(C2CCCCC2)c(C(=O)O)[nH]c1=O. The first kappa shape index (κ1) is 11.0. The third kappa shape index (κ3) is 1.77. The van der Waals surface area contributed by atoms with Gasteiger partial charge in [-0.3, -0.25) is 9.55 Å². The quantitative estimate of drug-likeness (QED) is 0.798. The highest BCUT2D eigenvalue weighted by atomic mass is 16.4. The van der Waals surface area contributed by atoms with Crippen molar-refractivity contribution in [2.24, 2.45) is 7.05 Å². The summed E-state index contributed by atoms with van der Waals surface area (Å²) in [4.78, 5) is 24.9.